The molecule has 0 aromatic carbocycles. The summed E-state index contributed by atoms with van der Waals surface area (Å²) in [4.78, 5) is 2.55. The second kappa shape index (κ2) is 4.76. The predicted molar refractivity (Wildman–Crippen MR) is 57.3 cm³/mol. The van der Waals surface area contributed by atoms with Gasteiger partial charge in [0.15, 0.2) is 0 Å². The number of hydrogen-bond donors (Lipinski definition) is 0. The van der Waals surface area contributed by atoms with Crippen molar-refractivity contribution in [1.29, 1.82) is 0 Å². The van der Waals surface area contributed by atoms with E-state index in [2.05, 4.69) is 20.8 Å². The molecule has 1 aliphatic heterocycles. The van der Waals surface area contributed by atoms with Crippen molar-refractivity contribution in [1.82, 2.24) is 4.90 Å². The lowest BCUT2D eigenvalue weighted by molar-refractivity contribution is -0.0157. The first-order valence-electron chi connectivity index (χ1n) is 5.28. The van der Waals surface area contributed by atoms with Crippen LogP contribution < -0.4 is 0 Å². The van der Waals surface area contributed by atoms with Crippen LogP contribution in [0.15, 0.2) is 0 Å². The summed E-state index contributed by atoms with van der Waals surface area (Å²) in [5.74, 6) is 1.06. The Morgan fingerprint density at radius 2 is 2.23 bits per heavy atom. The molecule has 2 fully saturated rings. The van der Waals surface area contributed by atoms with Crippen LogP contribution in [0.25, 0.3) is 0 Å². The average molecular weight is 248 g/mol. The van der Waals surface area contributed by atoms with E-state index in [0.717, 1.165) is 30.9 Å². The molecule has 1 aliphatic carbocycles. The van der Waals surface area contributed by atoms with Crippen LogP contribution in [0.5, 0.6) is 0 Å². The SMILES string of the molecule is BrCC1CN(CCC2CC2)CCO1. The Morgan fingerprint density at radius 3 is 2.92 bits per heavy atom. The van der Waals surface area contributed by atoms with Crippen molar-refractivity contribution < 1.29 is 4.74 Å². The lowest BCUT2D eigenvalue weighted by Crippen LogP contribution is -2.43. The zero-order valence-electron chi connectivity index (χ0n) is 8.04. The Morgan fingerprint density at radius 1 is 1.38 bits per heavy atom. The molecule has 0 N–H and O–H groups in total. The third-order valence-corrected chi connectivity index (χ3v) is 3.67. The fourth-order valence-electron chi connectivity index (χ4n) is 1.85. The maximum atomic E-state index is 5.59. The van der Waals surface area contributed by atoms with Crippen LogP contribution in [0.3, 0.4) is 0 Å². The van der Waals surface area contributed by atoms with Crippen LogP contribution in [0.4, 0.5) is 0 Å². The smallest absolute Gasteiger partial charge is 0.0799 e. The molecule has 2 nitrogen and oxygen atoms in total. The predicted octanol–water partition coefficient (Wildman–Crippen LogP) is 1.88. The van der Waals surface area contributed by atoms with Gasteiger partial charge in [-0.1, -0.05) is 28.8 Å². The Balaban J connectivity index is 1.65. The van der Waals surface area contributed by atoms with E-state index in [4.69, 9.17) is 4.74 Å². The molecule has 1 atom stereocenters. The fraction of sp³-hybridized carbons (Fsp3) is 1.00. The summed E-state index contributed by atoms with van der Waals surface area (Å²) < 4.78 is 5.59. The molecule has 1 unspecified atom stereocenters. The van der Waals surface area contributed by atoms with E-state index in [1.165, 1.54) is 25.8 Å². The number of nitrogens with zero attached hydrogens (tertiary/aromatic N) is 1. The minimum atomic E-state index is 0.424. The Kier molecular flexibility index (Phi) is 3.64. The molecule has 1 saturated heterocycles. The van der Waals surface area contributed by atoms with Crippen LogP contribution in [0.1, 0.15) is 19.3 Å². The maximum absolute atomic E-state index is 5.59. The topological polar surface area (TPSA) is 12.5 Å². The van der Waals surface area contributed by atoms with Crippen molar-refractivity contribution in [2.45, 2.75) is 25.4 Å². The highest BCUT2D eigenvalue weighted by Gasteiger charge is 2.24. The first-order chi connectivity index (χ1) is 6.38. The summed E-state index contributed by atoms with van der Waals surface area (Å²) in [5.41, 5.74) is 0. The molecule has 13 heavy (non-hydrogen) atoms. The number of rotatable bonds is 4. The first-order valence-corrected chi connectivity index (χ1v) is 6.40. The van der Waals surface area contributed by atoms with Crippen molar-refractivity contribution in [2.75, 3.05) is 31.6 Å². The van der Waals surface area contributed by atoms with Gasteiger partial charge >= 0.3 is 0 Å². The van der Waals surface area contributed by atoms with Gasteiger partial charge in [-0.3, -0.25) is 4.90 Å². The monoisotopic (exact) mass is 247 g/mol. The second-order valence-corrected chi connectivity index (χ2v) is 4.83. The summed E-state index contributed by atoms with van der Waals surface area (Å²) in [6.45, 7) is 4.46. The van der Waals surface area contributed by atoms with Gasteiger partial charge in [0, 0.05) is 18.4 Å². The van der Waals surface area contributed by atoms with Crippen LogP contribution in [-0.2, 0) is 4.74 Å². The maximum Gasteiger partial charge on any atom is 0.0799 e. The van der Waals surface area contributed by atoms with E-state index in [0.29, 0.717) is 6.10 Å². The van der Waals surface area contributed by atoms with Crippen molar-refractivity contribution in [3.05, 3.63) is 0 Å². The van der Waals surface area contributed by atoms with Crippen LogP contribution >= 0.6 is 15.9 Å². The van der Waals surface area contributed by atoms with Crippen LogP contribution in [-0.4, -0.2) is 42.6 Å². The molecule has 0 radical (unpaired) electrons. The largest absolute Gasteiger partial charge is 0.375 e. The molecule has 76 valence electrons. The van der Waals surface area contributed by atoms with Gasteiger partial charge in [-0.15, -0.1) is 0 Å². The fourth-order valence-corrected chi connectivity index (χ4v) is 2.24. The van der Waals surface area contributed by atoms with Gasteiger partial charge in [-0.2, -0.15) is 0 Å². The minimum Gasteiger partial charge on any atom is -0.375 e. The van der Waals surface area contributed by atoms with E-state index in [1.807, 2.05) is 0 Å². The summed E-state index contributed by atoms with van der Waals surface area (Å²) in [6.07, 6.45) is 4.79. The highest BCUT2D eigenvalue weighted by atomic mass is 79.9. The average Bonchev–Trinajstić information content (AvgIpc) is 2.99. The van der Waals surface area contributed by atoms with Crippen molar-refractivity contribution in [3.63, 3.8) is 0 Å². The highest BCUT2D eigenvalue weighted by Crippen LogP contribution is 2.32. The lowest BCUT2D eigenvalue weighted by atomic mass is 10.2. The molecule has 3 heteroatoms. The Bertz CT molecular complexity index is 161. The van der Waals surface area contributed by atoms with Gasteiger partial charge in [-0.25, -0.2) is 0 Å². The zero-order valence-corrected chi connectivity index (χ0v) is 9.63. The zero-order chi connectivity index (χ0) is 9.10. The molecule has 0 bridgehead atoms. The number of morpholine rings is 1. The molecule has 0 spiro atoms. The number of ether oxygens (including phenoxy) is 1. The summed E-state index contributed by atoms with van der Waals surface area (Å²) >= 11 is 3.48. The number of alkyl halides is 1. The van der Waals surface area contributed by atoms with Gasteiger partial charge < -0.3 is 4.74 Å². The summed E-state index contributed by atoms with van der Waals surface area (Å²) in [7, 11) is 0. The van der Waals surface area contributed by atoms with Gasteiger partial charge in [0.2, 0.25) is 0 Å². The van der Waals surface area contributed by atoms with Gasteiger partial charge in [-0.05, 0) is 18.9 Å². The molecular formula is C10H18BrNO. The highest BCUT2D eigenvalue weighted by molar-refractivity contribution is 9.09. The summed E-state index contributed by atoms with van der Waals surface area (Å²) in [6, 6.07) is 0. The third-order valence-electron chi connectivity index (χ3n) is 2.95. The Labute approximate surface area is 88.8 Å². The van der Waals surface area contributed by atoms with E-state index in [1.54, 1.807) is 0 Å². The molecular weight excluding hydrogens is 230 g/mol. The molecule has 1 heterocycles. The molecule has 2 rings (SSSR count). The van der Waals surface area contributed by atoms with Crippen LogP contribution in [0.2, 0.25) is 0 Å². The quantitative estimate of drug-likeness (QED) is 0.704. The van der Waals surface area contributed by atoms with Crippen molar-refractivity contribution in [3.8, 4) is 0 Å². The minimum absolute atomic E-state index is 0.424. The number of hydrogen-bond acceptors (Lipinski definition) is 2. The first kappa shape index (κ1) is 9.94. The molecule has 0 aromatic rings. The molecule has 0 aromatic heterocycles. The van der Waals surface area contributed by atoms with Gasteiger partial charge in [0.05, 0.1) is 12.7 Å². The number of halogens is 1. The standard InChI is InChI=1S/C10H18BrNO/c11-7-10-8-12(5-6-13-10)4-3-9-1-2-9/h9-10H,1-8H2. The third kappa shape index (κ3) is 3.22. The van der Waals surface area contributed by atoms with E-state index < -0.39 is 0 Å². The van der Waals surface area contributed by atoms with E-state index in [-0.39, 0.29) is 0 Å². The van der Waals surface area contributed by atoms with Gasteiger partial charge in [0.25, 0.3) is 0 Å². The summed E-state index contributed by atoms with van der Waals surface area (Å²) in [5, 5.41) is 0.979. The Hall–Kier alpha value is 0.400. The lowest BCUT2D eigenvalue weighted by Gasteiger charge is -2.32. The van der Waals surface area contributed by atoms with Gasteiger partial charge in [0.1, 0.15) is 0 Å². The molecule has 0 amide bonds. The van der Waals surface area contributed by atoms with E-state index >= 15 is 0 Å². The van der Waals surface area contributed by atoms with E-state index in [9.17, 15) is 0 Å². The van der Waals surface area contributed by atoms with Crippen LogP contribution in [0, 0.1) is 5.92 Å². The second-order valence-electron chi connectivity index (χ2n) is 4.18. The normalized spacial score (nSPS) is 30.7. The van der Waals surface area contributed by atoms with Crippen molar-refractivity contribution in [2.24, 2.45) is 5.92 Å². The van der Waals surface area contributed by atoms with Crippen molar-refractivity contribution >= 4 is 15.9 Å². The molecule has 2 aliphatic rings. The molecule has 1 saturated carbocycles.